The number of carbonyl (C=O) groups is 6. The maximum atomic E-state index is 12.7. The standard InChI is InChI=1S/C19H25N5O9/c20-11(6-16(28)29)17(30)22-8-15(27)23-12(5-9-1-3-10(25)4-2-9)18(31)24-13(19(32)33)7-14(21)26/h1-4,11-13,25H,5-8,20H2,(H2,21,26)(H,22,30)(H,23,27)(H,24,31)(H,28,29)(H,32,33). The van der Waals surface area contributed by atoms with Gasteiger partial charge in [-0.25, -0.2) is 4.79 Å². The van der Waals surface area contributed by atoms with Gasteiger partial charge in [0.15, 0.2) is 0 Å². The Labute approximate surface area is 187 Å². The normalized spacial score (nSPS) is 13.1. The molecule has 180 valence electrons. The van der Waals surface area contributed by atoms with Crippen LogP contribution in [0, 0.1) is 0 Å². The number of carboxylic acids is 2. The van der Waals surface area contributed by atoms with E-state index in [4.69, 9.17) is 16.6 Å². The van der Waals surface area contributed by atoms with Crippen LogP contribution >= 0.6 is 0 Å². The van der Waals surface area contributed by atoms with Gasteiger partial charge in [-0.05, 0) is 17.7 Å². The monoisotopic (exact) mass is 467 g/mol. The third-order valence-corrected chi connectivity index (χ3v) is 4.20. The number of hydrogen-bond acceptors (Lipinski definition) is 8. The van der Waals surface area contributed by atoms with Crippen LogP contribution in [-0.2, 0) is 35.2 Å². The maximum absolute atomic E-state index is 12.7. The Bertz CT molecular complexity index is 903. The minimum absolute atomic E-state index is 0.0448. The van der Waals surface area contributed by atoms with Crippen molar-refractivity contribution in [2.24, 2.45) is 11.5 Å². The Hall–Kier alpha value is -4.20. The van der Waals surface area contributed by atoms with Gasteiger partial charge in [0.1, 0.15) is 17.8 Å². The highest BCUT2D eigenvalue weighted by atomic mass is 16.4. The minimum Gasteiger partial charge on any atom is -0.508 e. The van der Waals surface area contributed by atoms with Crippen molar-refractivity contribution in [1.82, 2.24) is 16.0 Å². The molecule has 1 aromatic rings. The number of phenols is 1. The molecular weight excluding hydrogens is 442 g/mol. The number of hydrogen-bond donors (Lipinski definition) is 8. The van der Waals surface area contributed by atoms with Crippen molar-refractivity contribution in [3.63, 3.8) is 0 Å². The third kappa shape index (κ3) is 10.1. The Balaban J connectivity index is 2.89. The van der Waals surface area contributed by atoms with Gasteiger partial charge in [-0.3, -0.25) is 24.0 Å². The molecule has 10 N–H and O–H groups in total. The Morgan fingerprint density at radius 2 is 1.48 bits per heavy atom. The molecule has 0 saturated heterocycles. The van der Waals surface area contributed by atoms with Crippen LogP contribution < -0.4 is 27.4 Å². The van der Waals surface area contributed by atoms with Gasteiger partial charge >= 0.3 is 11.9 Å². The molecule has 3 unspecified atom stereocenters. The number of carboxylic acid groups (broad SMARTS) is 2. The summed E-state index contributed by atoms with van der Waals surface area (Å²) in [6.07, 6.45) is -1.47. The molecule has 3 atom stereocenters. The number of carbonyl (C=O) groups excluding carboxylic acids is 4. The van der Waals surface area contributed by atoms with Crippen LogP contribution in [0.5, 0.6) is 5.75 Å². The Morgan fingerprint density at radius 1 is 0.879 bits per heavy atom. The second-order valence-corrected chi connectivity index (χ2v) is 6.98. The molecule has 4 amide bonds. The number of nitrogens with two attached hydrogens (primary N) is 2. The lowest BCUT2D eigenvalue weighted by Gasteiger charge is -2.21. The summed E-state index contributed by atoms with van der Waals surface area (Å²) >= 11 is 0. The molecule has 0 radical (unpaired) electrons. The molecule has 14 heteroatoms. The van der Waals surface area contributed by atoms with Crippen molar-refractivity contribution in [3.05, 3.63) is 29.8 Å². The van der Waals surface area contributed by atoms with Gasteiger partial charge < -0.3 is 42.7 Å². The fraction of sp³-hybridized carbons (Fsp3) is 0.368. The molecule has 0 aliphatic rings. The first kappa shape index (κ1) is 26.8. The van der Waals surface area contributed by atoms with E-state index in [2.05, 4.69) is 16.0 Å². The summed E-state index contributed by atoms with van der Waals surface area (Å²) in [7, 11) is 0. The van der Waals surface area contributed by atoms with E-state index in [1.165, 1.54) is 24.3 Å². The average molecular weight is 467 g/mol. The minimum atomic E-state index is -1.64. The second-order valence-electron chi connectivity index (χ2n) is 6.98. The summed E-state index contributed by atoms with van der Waals surface area (Å²) < 4.78 is 0. The molecule has 0 aliphatic carbocycles. The largest absolute Gasteiger partial charge is 0.508 e. The highest BCUT2D eigenvalue weighted by Crippen LogP contribution is 2.11. The zero-order valence-corrected chi connectivity index (χ0v) is 17.3. The van der Waals surface area contributed by atoms with Crippen molar-refractivity contribution < 1.29 is 44.1 Å². The molecular formula is C19H25N5O9. The first-order chi connectivity index (χ1) is 15.4. The van der Waals surface area contributed by atoms with E-state index < -0.39 is 73.1 Å². The average Bonchev–Trinajstić information content (AvgIpc) is 2.71. The number of aromatic hydroxyl groups is 1. The molecule has 0 bridgehead atoms. The van der Waals surface area contributed by atoms with E-state index in [9.17, 15) is 39.0 Å². The maximum Gasteiger partial charge on any atom is 0.326 e. The van der Waals surface area contributed by atoms with Gasteiger partial charge in [-0.15, -0.1) is 0 Å². The van der Waals surface area contributed by atoms with Crippen molar-refractivity contribution >= 4 is 35.6 Å². The SMILES string of the molecule is NC(=O)CC(NC(=O)C(Cc1ccc(O)cc1)NC(=O)CNC(=O)C(N)CC(=O)O)C(=O)O. The molecule has 0 saturated carbocycles. The van der Waals surface area contributed by atoms with E-state index in [0.717, 1.165) is 0 Å². The van der Waals surface area contributed by atoms with Gasteiger partial charge in [0.25, 0.3) is 0 Å². The lowest BCUT2D eigenvalue weighted by atomic mass is 10.0. The molecule has 14 nitrogen and oxygen atoms in total. The second kappa shape index (κ2) is 12.6. The summed E-state index contributed by atoms with van der Waals surface area (Å²) in [5.74, 6) is -6.54. The van der Waals surface area contributed by atoms with Gasteiger partial charge in [-0.1, -0.05) is 12.1 Å². The summed E-state index contributed by atoms with van der Waals surface area (Å²) in [6.45, 7) is -0.644. The predicted molar refractivity (Wildman–Crippen MR) is 110 cm³/mol. The summed E-state index contributed by atoms with van der Waals surface area (Å²) in [4.78, 5) is 69.6. The highest BCUT2D eigenvalue weighted by Gasteiger charge is 2.28. The zero-order chi connectivity index (χ0) is 25.1. The molecule has 0 fully saturated rings. The summed E-state index contributed by atoms with van der Waals surface area (Å²) in [5, 5.41) is 33.8. The molecule has 0 heterocycles. The molecule has 33 heavy (non-hydrogen) atoms. The number of phenolic OH excluding ortho intramolecular Hbond substituents is 1. The fourth-order valence-electron chi connectivity index (χ4n) is 2.58. The molecule has 0 aliphatic heterocycles. The number of primary amides is 1. The molecule has 0 aromatic heterocycles. The third-order valence-electron chi connectivity index (χ3n) is 4.20. The molecule has 0 spiro atoms. The van der Waals surface area contributed by atoms with Crippen molar-refractivity contribution in [1.29, 1.82) is 0 Å². The van der Waals surface area contributed by atoms with Crippen LogP contribution in [0.4, 0.5) is 0 Å². The van der Waals surface area contributed by atoms with Crippen molar-refractivity contribution in [3.8, 4) is 5.75 Å². The van der Waals surface area contributed by atoms with E-state index >= 15 is 0 Å². The van der Waals surface area contributed by atoms with Gasteiger partial charge in [0.2, 0.25) is 23.6 Å². The van der Waals surface area contributed by atoms with Gasteiger partial charge in [-0.2, -0.15) is 0 Å². The van der Waals surface area contributed by atoms with Crippen LogP contribution in [0.15, 0.2) is 24.3 Å². The predicted octanol–water partition coefficient (Wildman–Crippen LogP) is -3.22. The van der Waals surface area contributed by atoms with Crippen molar-refractivity contribution in [2.45, 2.75) is 37.4 Å². The van der Waals surface area contributed by atoms with Crippen molar-refractivity contribution in [2.75, 3.05) is 6.54 Å². The summed E-state index contributed by atoms with van der Waals surface area (Å²) in [6, 6.07) is 1.24. The van der Waals surface area contributed by atoms with Gasteiger partial charge in [0, 0.05) is 6.42 Å². The smallest absolute Gasteiger partial charge is 0.326 e. The number of aliphatic carboxylic acids is 2. The Morgan fingerprint density at radius 3 is 2.00 bits per heavy atom. The van der Waals surface area contributed by atoms with Crippen LogP contribution in [-0.4, -0.2) is 75.6 Å². The van der Waals surface area contributed by atoms with Crippen LogP contribution in [0.3, 0.4) is 0 Å². The fourth-order valence-corrected chi connectivity index (χ4v) is 2.58. The van der Waals surface area contributed by atoms with Crippen LogP contribution in [0.2, 0.25) is 0 Å². The molecule has 1 aromatic carbocycles. The number of amides is 4. The van der Waals surface area contributed by atoms with Crippen LogP contribution in [0.25, 0.3) is 0 Å². The number of benzene rings is 1. The lowest BCUT2D eigenvalue weighted by molar-refractivity contribution is -0.143. The number of rotatable bonds is 13. The van der Waals surface area contributed by atoms with E-state index in [1.54, 1.807) is 0 Å². The van der Waals surface area contributed by atoms with E-state index in [-0.39, 0.29) is 12.2 Å². The van der Waals surface area contributed by atoms with Gasteiger partial charge in [0.05, 0.1) is 25.4 Å². The quantitative estimate of drug-likeness (QED) is 0.144. The topological polar surface area (TPSA) is 251 Å². The van der Waals surface area contributed by atoms with E-state index in [1.807, 2.05) is 0 Å². The zero-order valence-electron chi connectivity index (χ0n) is 17.3. The highest BCUT2D eigenvalue weighted by molar-refractivity contribution is 5.94. The van der Waals surface area contributed by atoms with E-state index in [0.29, 0.717) is 5.56 Å². The summed E-state index contributed by atoms with van der Waals surface area (Å²) in [5.41, 5.74) is 10.9. The van der Waals surface area contributed by atoms with Crippen LogP contribution in [0.1, 0.15) is 18.4 Å². The number of nitrogens with one attached hydrogen (secondary N) is 3. The first-order valence-corrected chi connectivity index (χ1v) is 9.52. The first-order valence-electron chi connectivity index (χ1n) is 9.52. The lowest BCUT2D eigenvalue weighted by Crippen LogP contribution is -2.55. The Kier molecular flexibility index (Phi) is 10.3. The molecule has 1 rings (SSSR count).